The third kappa shape index (κ3) is 4.06. The molecule has 0 saturated carbocycles. The van der Waals surface area contributed by atoms with E-state index in [9.17, 15) is 0 Å². The fourth-order valence-electron chi connectivity index (χ4n) is 2.26. The summed E-state index contributed by atoms with van der Waals surface area (Å²) in [5, 5.41) is 3.57. The maximum atomic E-state index is 5.48. The van der Waals surface area contributed by atoms with Crippen LogP contribution >= 0.6 is 0 Å². The average Bonchev–Trinajstić information content (AvgIpc) is 2.45. The van der Waals surface area contributed by atoms with Gasteiger partial charge in [-0.1, -0.05) is 27.7 Å². The lowest BCUT2D eigenvalue weighted by Crippen LogP contribution is -2.36. The van der Waals surface area contributed by atoms with Gasteiger partial charge in [0.2, 0.25) is 0 Å². The van der Waals surface area contributed by atoms with Crippen molar-refractivity contribution in [2.75, 3.05) is 10.7 Å². The Hall–Kier alpha value is -1.36. The van der Waals surface area contributed by atoms with Gasteiger partial charge in [0.1, 0.15) is 17.5 Å². The van der Waals surface area contributed by atoms with E-state index in [2.05, 4.69) is 48.4 Å². The van der Waals surface area contributed by atoms with Crippen molar-refractivity contribution < 1.29 is 0 Å². The van der Waals surface area contributed by atoms with Gasteiger partial charge in [0.25, 0.3) is 0 Å². The van der Waals surface area contributed by atoms with Crippen LogP contribution in [0.25, 0.3) is 0 Å². The van der Waals surface area contributed by atoms with Crippen molar-refractivity contribution >= 4 is 11.6 Å². The van der Waals surface area contributed by atoms with E-state index in [-0.39, 0.29) is 5.54 Å². The van der Waals surface area contributed by atoms with Gasteiger partial charge >= 0.3 is 0 Å². The highest BCUT2D eigenvalue weighted by Gasteiger charge is 2.24. The molecule has 0 atom stereocenters. The number of rotatable bonds is 8. The third-order valence-electron chi connectivity index (χ3n) is 3.82. The Labute approximate surface area is 116 Å². The molecule has 5 heteroatoms. The van der Waals surface area contributed by atoms with Crippen LogP contribution in [-0.2, 0) is 6.42 Å². The van der Waals surface area contributed by atoms with Crippen LogP contribution in [0.5, 0.6) is 0 Å². The van der Waals surface area contributed by atoms with Crippen LogP contribution in [0.4, 0.5) is 11.6 Å². The molecule has 0 radical (unpaired) electrons. The summed E-state index contributed by atoms with van der Waals surface area (Å²) in [5.41, 5.74) is 2.72. The summed E-state index contributed by atoms with van der Waals surface area (Å²) in [4.78, 5) is 8.94. The van der Waals surface area contributed by atoms with E-state index in [0.717, 1.165) is 43.7 Å². The Morgan fingerprint density at radius 3 is 2.11 bits per heavy atom. The number of nitrogens with two attached hydrogens (primary N) is 1. The standard InChI is InChI=1S/C14H27N5/c1-5-9-11-16-12(10-13(17-11)19-15)18-14(6-2,7-3)8-4/h10H,5-9,15H2,1-4H3,(H2,16,17,18,19). The summed E-state index contributed by atoms with van der Waals surface area (Å²) < 4.78 is 0. The second-order valence-electron chi connectivity index (χ2n) is 4.91. The molecule has 0 aliphatic heterocycles. The fraction of sp³-hybridized carbons (Fsp3) is 0.714. The fourth-order valence-corrected chi connectivity index (χ4v) is 2.26. The summed E-state index contributed by atoms with van der Waals surface area (Å²) >= 11 is 0. The Bertz CT molecular complexity index is 379. The number of hydrazine groups is 1. The van der Waals surface area contributed by atoms with E-state index in [1.165, 1.54) is 0 Å². The Kier molecular flexibility index (Phi) is 6.02. The van der Waals surface area contributed by atoms with E-state index in [1.807, 2.05) is 6.07 Å². The highest BCUT2D eigenvalue weighted by atomic mass is 15.3. The van der Waals surface area contributed by atoms with Crippen LogP contribution < -0.4 is 16.6 Å². The minimum atomic E-state index is 0.101. The molecule has 1 rings (SSSR count). The summed E-state index contributed by atoms with van der Waals surface area (Å²) in [5.74, 6) is 7.83. The summed E-state index contributed by atoms with van der Waals surface area (Å²) in [6.45, 7) is 8.73. The first-order chi connectivity index (χ1) is 9.12. The average molecular weight is 265 g/mol. The van der Waals surface area contributed by atoms with E-state index >= 15 is 0 Å². The second kappa shape index (κ2) is 7.28. The number of nitrogen functional groups attached to an aromatic ring is 1. The number of hydrogen-bond donors (Lipinski definition) is 3. The molecule has 0 bridgehead atoms. The molecule has 108 valence electrons. The van der Waals surface area contributed by atoms with Crippen molar-refractivity contribution in [3.8, 4) is 0 Å². The number of nitrogens with one attached hydrogen (secondary N) is 2. The number of nitrogens with zero attached hydrogens (tertiary/aromatic N) is 2. The highest BCUT2D eigenvalue weighted by Crippen LogP contribution is 2.25. The zero-order valence-corrected chi connectivity index (χ0v) is 12.6. The van der Waals surface area contributed by atoms with E-state index in [1.54, 1.807) is 0 Å². The van der Waals surface area contributed by atoms with Crippen molar-refractivity contribution in [1.82, 2.24) is 9.97 Å². The van der Waals surface area contributed by atoms with Crippen LogP contribution in [0.1, 0.15) is 59.2 Å². The van der Waals surface area contributed by atoms with Crippen LogP contribution in [0, 0.1) is 0 Å². The quantitative estimate of drug-likeness (QED) is 0.497. The zero-order chi connectivity index (χ0) is 14.3. The Balaban J connectivity index is 3.01. The van der Waals surface area contributed by atoms with Gasteiger partial charge in [-0.05, 0) is 25.7 Å². The van der Waals surface area contributed by atoms with Crippen molar-refractivity contribution in [3.05, 3.63) is 11.9 Å². The first-order valence-electron chi connectivity index (χ1n) is 7.25. The molecule has 0 unspecified atom stereocenters. The molecule has 0 spiro atoms. The number of anilines is 2. The molecular formula is C14H27N5. The lowest BCUT2D eigenvalue weighted by atomic mass is 9.90. The summed E-state index contributed by atoms with van der Waals surface area (Å²) in [6.07, 6.45) is 5.09. The molecule has 1 aromatic rings. The molecule has 5 nitrogen and oxygen atoms in total. The van der Waals surface area contributed by atoms with Crippen molar-refractivity contribution in [2.45, 2.75) is 65.3 Å². The van der Waals surface area contributed by atoms with Crippen LogP contribution in [0.2, 0.25) is 0 Å². The van der Waals surface area contributed by atoms with Crippen molar-refractivity contribution in [2.24, 2.45) is 5.84 Å². The SMILES string of the molecule is CCCc1nc(NN)cc(NC(CC)(CC)CC)n1. The van der Waals surface area contributed by atoms with Gasteiger partial charge in [0, 0.05) is 18.0 Å². The lowest BCUT2D eigenvalue weighted by Gasteiger charge is -2.32. The van der Waals surface area contributed by atoms with Gasteiger partial charge in [-0.3, -0.25) is 0 Å². The number of aryl methyl sites for hydroxylation is 1. The molecule has 19 heavy (non-hydrogen) atoms. The van der Waals surface area contributed by atoms with Gasteiger partial charge < -0.3 is 10.7 Å². The van der Waals surface area contributed by atoms with Gasteiger partial charge in [-0.2, -0.15) is 0 Å². The molecule has 0 saturated heterocycles. The second-order valence-corrected chi connectivity index (χ2v) is 4.91. The minimum Gasteiger partial charge on any atom is -0.364 e. The van der Waals surface area contributed by atoms with Crippen LogP contribution in [0.15, 0.2) is 6.07 Å². The lowest BCUT2D eigenvalue weighted by molar-refractivity contribution is 0.418. The number of aromatic nitrogens is 2. The largest absolute Gasteiger partial charge is 0.364 e. The van der Waals surface area contributed by atoms with Gasteiger partial charge in [0.15, 0.2) is 0 Å². The molecule has 0 amide bonds. The van der Waals surface area contributed by atoms with Gasteiger partial charge in [0.05, 0.1) is 0 Å². The normalized spacial score (nSPS) is 11.4. The third-order valence-corrected chi connectivity index (χ3v) is 3.82. The summed E-state index contributed by atoms with van der Waals surface area (Å²) in [7, 11) is 0. The van der Waals surface area contributed by atoms with Crippen LogP contribution in [-0.4, -0.2) is 15.5 Å². The highest BCUT2D eigenvalue weighted by molar-refractivity contribution is 5.48. The monoisotopic (exact) mass is 265 g/mol. The van der Waals surface area contributed by atoms with Gasteiger partial charge in [-0.15, -0.1) is 0 Å². The van der Waals surface area contributed by atoms with Gasteiger partial charge in [-0.25, -0.2) is 15.8 Å². The van der Waals surface area contributed by atoms with E-state index in [4.69, 9.17) is 5.84 Å². The van der Waals surface area contributed by atoms with Crippen molar-refractivity contribution in [3.63, 3.8) is 0 Å². The molecule has 0 aromatic carbocycles. The molecule has 0 aliphatic rings. The maximum Gasteiger partial charge on any atom is 0.145 e. The number of hydrogen-bond acceptors (Lipinski definition) is 5. The maximum absolute atomic E-state index is 5.48. The Morgan fingerprint density at radius 1 is 1.05 bits per heavy atom. The summed E-state index contributed by atoms with van der Waals surface area (Å²) in [6, 6.07) is 1.87. The first kappa shape index (κ1) is 15.7. The molecule has 1 heterocycles. The molecule has 4 N–H and O–H groups in total. The predicted octanol–water partition coefficient (Wildman–Crippen LogP) is 3.10. The minimum absolute atomic E-state index is 0.101. The molecular weight excluding hydrogens is 238 g/mol. The first-order valence-corrected chi connectivity index (χ1v) is 7.25. The Morgan fingerprint density at radius 2 is 1.63 bits per heavy atom. The van der Waals surface area contributed by atoms with E-state index < -0.39 is 0 Å². The molecule has 1 aromatic heterocycles. The molecule has 0 aliphatic carbocycles. The van der Waals surface area contributed by atoms with Crippen molar-refractivity contribution in [1.29, 1.82) is 0 Å². The topological polar surface area (TPSA) is 75.9 Å². The van der Waals surface area contributed by atoms with Crippen LogP contribution in [0.3, 0.4) is 0 Å². The zero-order valence-electron chi connectivity index (χ0n) is 12.6. The van der Waals surface area contributed by atoms with E-state index in [0.29, 0.717) is 5.82 Å². The predicted molar refractivity (Wildman–Crippen MR) is 81.1 cm³/mol. The molecule has 0 fully saturated rings. The smallest absolute Gasteiger partial charge is 0.145 e.